The van der Waals surface area contributed by atoms with Crippen LogP contribution in [0, 0.1) is 0 Å². The van der Waals surface area contributed by atoms with Crippen molar-refractivity contribution < 1.29 is 4.74 Å². The van der Waals surface area contributed by atoms with Crippen molar-refractivity contribution in [3.8, 4) is 5.75 Å². The Morgan fingerprint density at radius 2 is 2.21 bits per heavy atom. The second-order valence-electron chi connectivity index (χ2n) is 4.78. The van der Waals surface area contributed by atoms with E-state index >= 15 is 0 Å². The molecule has 3 rings (SSSR count). The summed E-state index contributed by atoms with van der Waals surface area (Å²) in [6, 6.07) is 7.45. The third kappa shape index (κ3) is 2.84. The molecule has 1 aromatic carbocycles. The summed E-state index contributed by atoms with van der Waals surface area (Å²) in [4.78, 5) is 8.97. The zero-order valence-electron chi connectivity index (χ0n) is 10.8. The van der Waals surface area contributed by atoms with Gasteiger partial charge in [-0.2, -0.15) is 0 Å². The maximum atomic E-state index is 5.70. The molecule has 1 aliphatic rings. The van der Waals surface area contributed by atoms with Gasteiger partial charge in [-0.1, -0.05) is 6.07 Å². The Hall–Kier alpha value is -2.10. The SMILES string of the molecule is Nc1cccc(OCCc2ncc3c(n2)CCC3)c1. The molecule has 4 heteroatoms. The molecule has 0 fully saturated rings. The highest BCUT2D eigenvalue weighted by Gasteiger charge is 2.13. The number of nitrogen functional groups attached to an aromatic ring is 1. The number of hydrogen-bond donors (Lipinski definition) is 1. The second kappa shape index (κ2) is 5.26. The minimum absolute atomic E-state index is 0.572. The Bertz CT molecular complexity index is 583. The van der Waals surface area contributed by atoms with Gasteiger partial charge < -0.3 is 10.5 Å². The first-order chi connectivity index (χ1) is 9.31. The van der Waals surface area contributed by atoms with E-state index in [0.29, 0.717) is 12.3 Å². The van der Waals surface area contributed by atoms with Crippen LogP contribution in [0.3, 0.4) is 0 Å². The fraction of sp³-hybridized carbons (Fsp3) is 0.333. The Balaban J connectivity index is 1.58. The van der Waals surface area contributed by atoms with E-state index in [2.05, 4.69) is 9.97 Å². The maximum Gasteiger partial charge on any atom is 0.131 e. The summed E-state index contributed by atoms with van der Waals surface area (Å²) in [5, 5.41) is 0. The normalized spacial score (nSPS) is 13.3. The Morgan fingerprint density at radius 1 is 1.26 bits per heavy atom. The number of ether oxygens (including phenoxy) is 1. The van der Waals surface area contributed by atoms with Gasteiger partial charge in [0.05, 0.1) is 6.61 Å². The summed E-state index contributed by atoms with van der Waals surface area (Å²) >= 11 is 0. The van der Waals surface area contributed by atoms with Crippen LogP contribution in [0.1, 0.15) is 23.5 Å². The first-order valence-electron chi connectivity index (χ1n) is 6.63. The molecular weight excluding hydrogens is 238 g/mol. The van der Waals surface area contributed by atoms with Crippen molar-refractivity contribution >= 4 is 5.69 Å². The first kappa shape index (κ1) is 12.0. The van der Waals surface area contributed by atoms with Crippen LogP contribution >= 0.6 is 0 Å². The van der Waals surface area contributed by atoms with Gasteiger partial charge in [0.15, 0.2) is 0 Å². The highest BCUT2D eigenvalue weighted by atomic mass is 16.5. The van der Waals surface area contributed by atoms with Gasteiger partial charge in [0.2, 0.25) is 0 Å². The van der Waals surface area contributed by atoms with Crippen LogP contribution in [-0.2, 0) is 19.3 Å². The number of benzene rings is 1. The lowest BCUT2D eigenvalue weighted by molar-refractivity contribution is 0.319. The van der Waals surface area contributed by atoms with Crippen LogP contribution in [0.5, 0.6) is 5.75 Å². The summed E-state index contributed by atoms with van der Waals surface area (Å²) in [5.74, 6) is 1.66. The molecule has 2 aromatic rings. The molecule has 0 bridgehead atoms. The Labute approximate surface area is 112 Å². The average Bonchev–Trinajstić information content (AvgIpc) is 2.86. The van der Waals surface area contributed by atoms with E-state index < -0.39 is 0 Å². The maximum absolute atomic E-state index is 5.70. The molecule has 0 radical (unpaired) electrons. The van der Waals surface area contributed by atoms with Gasteiger partial charge in [0, 0.05) is 30.1 Å². The largest absolute Gasteiger partial charge is 0.493 e. The zero-order chi connectivity index (χ0) is 13.1. The van der Waals surface area contributed by atoms with E-state index in [1.54, 1.807) is 0 Å². The minimum atomic E-state index is 0.572. The number of anilines is 1. The van der Waals surface area contributed by atoms with Gasteiger partial charge in [0.1, 0.15) is 11.6 Å². The van der Waals surface area contributed by atoms with E-state index in [4.69, 9.17) is 10.5 Å². The lowest BCUT2D eigenvalue weighted by atomic mass is 10.2. The fourth-order valence-electron chi connectivity index (χ4n) is 2.34. The van der Waals surface area contributed by atoms with Crippen LogP contribution in [0.4, 0.5) is 5.69 Å². The summed E-state index contributed by atoms with van der Waals surface area (Å²) in [6.07, 6.45) is 6.09. The molecule has 0 unspecified atom stereocenters. The molecule has 0 amide bonds. The monoisotopic (exact) mass is 255 g/mol. The molecule has 4 nitrogen and oxygen atoms in total. The molecule has 1 aliphatic carbocycles. The van der Waals surface area contributed by atoms with Gasteiger partial charge in [-0.3, -0.25) is 0 Å². The van der Waals surface area contributed by atoms with E-state index in [1.165, 1.54) is 17.7 Å². The number of nitrogens with two attached hydrogens (primary N) is 1. The molecule has 0 saturated heterocycles. The summed E-state index contributed by atoms with van der Waals surface area (Å²) in [6.45, 7) is 0.572. The molecule has 0 aliphatic heterocycles. The van der Waals surface area contributed by atoms with Crippen LogP contribution in [0.25, 0.3) is 0 Å². The number of nitrogens with zero attached hydrogens (tertiary/aromatic N) is 2. The summed E-state index contributed by atoms with van der Waals surface area (Å²) < 4.78 is 5.65. The average molecular weight is 255 g/mol. The van der Waals surface area contributed by atoms with Gasteiger partial charge in [-0.15, -0.1) is 0 Å². The van der Waals surface area contributed by atoms with Crippen LogP contribution < -0.4 is 10.5 Å². The predicted octanol–water partition coefficient (Wildman–Crippen LogP) is 2.17. The molecular formula is C15H17N3O. The predicted molar refractivity (Wildman–Crippen MR) is 74.1 cm³/mol. The molecule has 2 N–H and O–H groups in total. The zero-order valence-corrected chi connectivity index (χ0v) is 10.8. The quantitative estimate of drug-likeness (QED) is 0.850. The molecule has 98 valence electrons. The molecule has 0 saturated carbocycles. The lowest BCUT2D eigenvalue weighted by Gasteiger charge is -2.07. The second-order valence-corrected chi connectivity index (χ2v) is 4.78. The summed E-state index contributed by atoms with van der Waals surface area (Å²) in [5.41, 5.74) is 8.94. The molecule has 0 spiro atoms. The number of hydrogen-bond acceptors (Lipinski definition) is 4. The highest BCUT2D eigenvalue weighted by molar-refractivity contribution is 5.43. The van der Waals surface area contributed by atoms with Crippen molar-refractivity contribution in [1.29, 1.82) is 0 Å². The Morgan fingerprint density at radius 3 is 3.11 bits per heavy atom. The molecule has 1 aromatic heterocycles. The number of fused-ring (bicyclic) bond motifs is 1. The van der Waals surface area contributed by atoms with Crippen LogP contribution in [0.2, 0.25) is 0 Å². The Kier molecular flexibility index (Phi) is 3.31. The van der Waals surface area contributed by atoms with E-state index in [9.17, 15) is 0 Å². The van der Waals surface area contributed by atoms with Gasteiger partial charge in [-0.25, -0.2) is 9.97 Å². The third-order valence-electron chi connectivity index (χ3n) is 3.32. The van der Waals surface area contributed by atoms with Gasteiger partial charge >= 0.3 is 0 Å². The number of aryl methyl sites for hydroxylation is 2. The standard InChI is InChI=1S/C15H17N3O/c16-12-4-2-5-13(9-12)19-8-7-15-17-10-11-3-1-6-14(11)18-15/h2,4-5,9-10H,1,3,6-8,16H2. The smallest absolute Gasteiger partial charge is 0.131 e. The summed E-state index contributed by atoms with van der Waals surface area (Å²) in [7, 11) is 0. The molecule has 0 atom stereocenters. The van der Waals surface area contributed by atoms with Crippen molar-refractivity contribution in [3.05, 3.63) is 47.5 Å². The van der Waals surface area contributed by atoms with E-state index in [1.807, 2.05) is 30.5 Å². The van der Waals surface area contributed by atoms with E-state index in [0.717, 1.165) is 30.8 Å². The van der Waals surface area contributed by atoms with Crippen LogP contribution in [-0.4, -0.2) is 16.6 Å². The number of rotatable bonds is 4. The van der Waals surface area contributed by atoms with Crippen molar-refractivity contribution in [2.75, 3.05) is 12.3 Å². The van der Waals surface area contributed by atoms with Crippen molar-refractivity contribution in [2.24, 2.45) is 0 Å². The molecule has 19 heavy (non-hydrogen) atoms. The molecule has 1 heterocycles. The highest BCUT2D eigenvalue weighted by Crippen LogP contribution is 2.19. The fourth-order valence-corrected chi connectivity index (χ4v) is 2.34. The first-order valence-corrected chi connectivity index (χ1v) is 6.63. The van der Waals surface area contributed by atoms with Gasteiger partial charge in [0.25, 0.3) is 0 Å². The van der Waals surface area contributed by atoms with Crippen LogP contribution in [0.15, 0.2) is 30.5 Å². The minimum Gasteiger partial charge on any atom is -0.493 e. The number of aromatic nitrogens is 2. The van der Waals surface area contributed by atoms with Crippen molar-refractivity contribution in [1.82, 2.24) is 9.97 Å². The van der Waals surface area contributed by atoms with Crippen molar-refractivity contribution in [2.45, 2.75) is 25.7 Å². The van der Waals surface area contributed by atoms with Crippen molar-refractivity contribution in [3.63, 3.8) is 0 Å². The van der Waals surface area contributed by atoms with Gasteiger partial charge in [-0.05, 0) is 37.0 Å². The lowest BCUT2D eigenvalue weighted by Crippen LogP contribution is -2.06. The van der Waals surface area contributed by atoms with E-state index in [-0.39, 0.29) is 0 Å². The topological polar surface area (TPSA) is 61.0 Å². The third-order valence-corrected chi connectivity index (χ3v) is 3.32.